The predicted molar refractivity (Wildman–Crippen MR) is 112 cm³/mol. The molecule has 1 fully saturated rings. The van der Waals surface area contributed by atoms with Crippen molar-refractivity contribution in [1.82, 2.24) is 0 Å². The molecule has 1 atom stereocenters. The fourth-order valence-corrected chi connectivity index (χ4v) is 3.66. The molecule has 3 aromatic rings. The summed E-state index contributed by atoms with van der Waals surface area (Å²) in [6, 6.07) is 24.5. The molecule has 1 amide bonds. The number of hydrogen-bond donors (Lipinski definition) is 1. The van der Waals surface area contributed by atoms with E-state index in [0.717, 1.165) is 10.0 Å². The zero-order valence-electron chi connectivity index (χ0n) is 14.7. The van der Waals surface area contributed by atoms with Crippen LogP contribution in [-0.4, -0.2) is 16.8 Å². The highest BCUT2D eigenvalue weighted by Crippen LogP contribution is 2.42. The molecule has 5 heteroatoms. The molecule has 1 heterocycles. The fraction of sp³-hybridized carbons (Fsp3) is 0.0435. The second-order valence-corrected chi connectivity index (χ2v) is 7.34. The highest BCUT2D eigenvalue weighted by Gasteiger charge is 2.46. The number of anilines is 1. The van der Waals surface area contributed by atoms with Gasteiger partial charge in [0.1, 0.15) is 5.76 Å². The van der Waals surface area contributed by atoms with Gasteiger partial charge in [-0.05, 0) is 29.8 Å². The summed E-state index contributed by atoms with van der Waals surface area (Å²) in [5, 5.41) is 10.9. The van der Waals surface area contributed by atoms with E-state index < -0.39 is 17.7 Å². The van der Waals surface area contributed by atoms with Gasteiger partial charge in [0.15, 0.2) is 0 Å². The first-order valence-corrected chi connectivity index (χ1v) is 9.54. The number of nitrogens with zero attached hydrogens (tertiary/aromatic N) is 1. The summed E-state index contributed by atoms with van der Waals surface area (Å²) in [4.78, 5) is 27.3. The summed E-state index contributed by atoms with van der Waals surface area (Å²) in [5.74, 6) is -1.53. The molecule has 0 aromatic heterocycles. The van der Waals surface area contributed by atoms with E-state index in [1.807, 2.05) is 48.5 Å². The number of amides is 1. The first-order valence-electron chi connectivity index (χ1n) is 8.75. The quantitative estimate of drug-likeness (QED) is 0.356. The van der Waals surface area contributed by atoms with Gasteiger partial charge in [0, 0.05) is 15.7 Å². The third-order valence-corrected chi connectivity index (χ3v) is 5.24. The second kappa shape index (κ2) is 7.44. The zero-order valence-corrected chi connectivity index (χ0v) is 16.3. The molecule has 0 aliphatic carbocycles. The van der Waals surface area contributed by atoms with Crippen LogP contribution in [0.3, 0.4) is 0 Å². The lowest BCUT2D eigenvalue weighted by atomic mass is 9.95. The average Bonchev–Trinajstić information content (AvgIpc) is 3.00. The zero-order chi connectivity index (χ0) is 19.7. The van der Waals surface area contributed by atoms with Crippen LogP contribution >= 0.6 is 15.9 Å². The number of para-hydroxylation sites is 1. The van der Waals surface area contributed by atoms with Gasteiger partial charge < -0.3 is 5.11 Å². The third kappa shape index (κ3) is 3.14. The Bertz CT molecular complexity index is 1060. The van der Waals surface area contributed by atoms with E-state index >= 15 is 0 Å². The highest BCUT2D eigenvalue weighted by atomic mass is 79.9. The van der Waals surface area contributed by atoms with Crippen molar-refractivity contribution in [1.29, 1.82) is 0 Å². The van der Waals surface area contributed by atoms with Crippen molar-refractivity contribution >= 4 is 39.1 Å². The maximum Gasteiger partial charge on any atom is 0.300 e. The maximum absolute atomic E-state index is 12.9. The number of carbonyl (C=O) groups is 2. The van der Waals surface area contributed by atoms with Crippen LogP contribution in [-0.2, 0) is 9.59 Å². The van der Waals surface area contributed by atoms with Crippen LogP contribution in [0.5, 0.6) is 0 Å². The molecular formula is C23H16BrNO3. The number of Topliss-reactive ketones (excluding diaryl/α,β-unsaturated/α-hetero) is 1. The van der Waals surface area contributed by atoms with Crippen molar-refractivity contribution in [2.75, 3.05) is 4.90 Å². The molecular weight excluding hydrogens is 418 g/mol. The van der Waals surface area contributed by atoms with E-state index in [2.05, 4.69) is 15.9 Å². The van der Waals surface area contributed by atoms with Crippen LogP contribution in [0.2, 0.25) is 0 Å². The smallest absolute Gasteiger partial charge is 0.300 e. The first kappa shape index (κ1) is 18.2. The highest BCUT2D eigenvalue weighted by molar-refractivity contribution is 9.10. The Morgan fingerprint density at radius 3 is 2.00 bits per heavy atom. The van der Waals surface area contributed by atoms with E-state index in [0.29, 0.717) is 11.3 Å². The van der Waals surface area contributed by atoms with Crippen molar-refractivity contribution in [2.24, 2.45) is 0 Å². The summed E-state index contributed by atoms with van der Waals surface area (Å²) in [6.07, 6.45) is 0. The molecule has 0 unspecified atom stereocenters. The van der Waals surface area contributed by atoms with Crippen molar-refractivity contribution in [3.05, 3.63) is 106 Å². The van der Waals surface area contributed by atoms with Crippen LogP contribution in [0, 0.1) is 0 Å². The number of aliphatic hydroxyl groups excluding tert-OH is 1. The van der Waals surface area contributed by atoms with Crippen molar-refractivity contribution in [3.63, 3.8) is 0 Å². The number of carbonyl (C=O) groups excluding carboxylic acids is 2. The van der Waals surface area contributed by atoms with Gasteiger partial charge in [-0.3, -0.25) is 14.5 Å². The number of benzene rings is 3. The third-order valence-electron chi connectivity index (χ3n) is 4.71. The Morgan fingerprint density at radius 1 is 0.821 bits per heavy atom. The molecule has 0 bridgehead atoms. The monoisotopic (exact) mass is 433 g/mol. The Kier molecular flexibility index (Phi) is 4.84. The molecule has 3 aromatic carbocycles. The van der Waals surface area contributed by atoms with Gasteiger partial charge in [-0.2, -0.15) is 0 Å². The molecule has 0 radical (unpaired) electrons. The predicted octanol–water partition coefficient (Wildman–Crippen LogP) is 5.08. The van der Waals surface area contributed by atoms with Gasteiger partial charge in [0.2, 0.25) is 0 Å². The van der Waals surface area contributed by atoms with Crippen LogP contribution in [0.15, 0.2) is 95.0 Å². The van der Waals surface area contributed by atoms with Crippen molar-refractivity contribution in [2.45, 2.75) is 6.04 Å². The van der Waals surface area contributed by atoms with E-state index in [9.17, 15) is 14.7 Å². The minimum atomic E-state index is -0.712. The van der Waals surface area contributed by atoms with E-state index in [1.165, 1.54) is 4.90 Å². The van der Waals surface area contributed by atoms with Gasteiger partial charge in [-0.1, -0.05) is 76.6 Å². The first-order chi connectivity index (χ1) is 13.6. The topological polar surface area (TPSA) is 57.6 Å². The lowest BCUT2D eigenvalue weighted by Gasteiger charge is -2.25. The molecule has 1 N–H and O–H groups in total. The number of halogens is 1. The maximum atomic E-state index is 12.9. The van der Waals surface area contributed by atoms with Crippen LogP contribution in [0.4, 0.5) is 5.69 Å². The van der Waals surface area contributed by atoms with Crippen molar-refractivity contribution < 1.29 is 14.7 Å². The van der Waals surface area contributed by atoms with E-state index in [-0.39, 0.29) is 11.3 Å². The summed E-state index contributed by atoms with van der Waals surface area (Å²) < 4.78 is 0.885. The molecule has 4 nitrogen and oxygen atoms in total. The van der Waals surface area contributed by atoms with E-state index in [1.54, 1.807) is 36.4 Å². The SMILES string of the molecule is O=C1C(=O)N(c2ccccc2)[C@H](c2ccc(Br)cc2)C1=C(O)c1ccccc1. The van der Waals surface area contributed by atoms with Crippen molar-refractivity contribution in [3.8, 4) is 0 Å². The summed E-state index contributed by atoms with van der Waals surface area (Å²) in [7, 11) is 0. The molecule has 4 rings (SSSR count). The summed E-state index contributed by atoms with van der Waals surface area (Å²) >= 11 is 3.41. The Hall–Kier alpha value is -3.18. The molecule has 28 heavy (non-hydrogen) atoms. The largest absolute Gasteiger partial charge is 0.507 e. The number of rotatable bonds is 3. The number of aliphatic hydroxyl groups is 1. The Balaban J connectivity index is 1.95. The minimum absolute atomic E-state index is 0.0855. The summed E-state index contributed by atoms with van der Waals surface area (Å²) in [6.45, 7) is 0. The van der Waals surface area contributed by atoms with Crippen LogP contribution in [0.25, 0.3) is 5.76 Å². The normalized spacial score (nSPS) is 18.5. The Morgan fingerprint density at radius 2 is 1.39 bits per heavy atom. The minimum Gasteiger partial charge on any atom is -0.507 e. The molecule has 1 aliphatic heterocycles. The average molecular weight is 434 g/mol. The standard InChI is InChI=1S/C23H16BrNO3/c24-17-13-11-15(12-14-17)20-19(21(26)16-7-3-1-4-8-16)22(27)23(28)25(20)18-9-5-2-6-10-18/h1-14,20,26H/t20-/m1/s1. The molecule has 1 saturated heterocycles. The van der Waals surface area contributed by atoms with Crippen LogP contribution in [0.1, 0.15) is 17.2 Å². The van der Waals surface area contributed by atoms with Crippen LogP contribution < -0.4 is 4.90 Å². The van der Waals surface area contributed by atoms with Gasteiger partial charge in [0.25, 0.3) is 11.7 Å². The molecule has 0 saturated carbocycles. The second-order valence-electron chi connectivity index (χ2n) is 6.42. The van der Waals surface area contributed by atoms with Gasteiger partial charge >= 0.3 is 0 Å². The lowest BCUT2D eigenvalue weighted by molar-refractivity contribution is -0.132. The Labute approximate surface area is 170 Å². The van der Waals surface area contributed by atoms with E-state index in [4.69, 9.17) is 0 Å². The molecule has 1 aliphatic rings. The molecule has 138 valence electrons. The molecule has 0 spiro atoms. The number of ketones is 1. The number of hydrogen-bond acceptors (Lipinski definition) is 3. The van der Waals surface area contributed by atoms with Gasteiger partial charge in [0.05, 0.1) is 11.6 Å². The lowest BCUT2D eigenvalue weighted by Crippen LogP contribution is -2.29. The summed E-state index contributed by atoms with van der Waals surface area (Å²) in [5.41, 5.74) is 1.92. The van der Waals surface area contributed by atoms with Gasteiger partial charge in [-0.25, -0.2) is 0 Å². The fourth-order valence-electron chi connectivity index (χ4n) is 3.40. The van der Waals surface area contributed by atoms with Gasteiger partial charge in [-0.15, -0.1) is 0 Å².